The van der Waals surface area contributed by atoms with Gasteiger partial charge in [-0.25, -0.2) is 4.39 Å². The summed E-state index contributed by atoms with van der Waals surface area (Å²) in [5.74, 6) is 3.65. The van der Waals surface area contributed by atoms with Crippen LogP contribution >= 0.6 is 0 Å². The van der Waals surface area contributed by atoms with E-state index in [0.717, 1.165) is 23.1 Å². The molecule has 0 amide bonds. The Morgan fingerprint density at radius 2 is 1.56 bits per heavy atom. The van der Waals surface area contributed by atoms with Gasteiger partial charge in [-0.15, -0.1) is 0 Å². The van der Waals surface area contributed by atoms with Gasteiger partial charge in [0.25, 0.3) is 0 Å². The van der Waals surface area contributed by atoms with Crippen LogP contribution in [-0.4, -0.2) is 7.11 Å². The fourth-order valence-corrected chi connectivity index (χ4v) is 5.69. The van der Waals surface area contributed by atoms with E-state index in [1.807, 2.05) is 12.1 Å². The molecule has 0 bridgehead atoms. The largest absolute Gasteiger partial charge is 0.494 e. The van der Waals surface area contributed by atoms with Crippen LogP contribution in [0.25, 0.3) is 10.8 Å². The second-order valence-electron chi connectivity index (χ2n) is 8.86. The summed E-state index contributed by atoms with van der Waals surface area (Å²) >= 11 is 0. The summed E-state index contributed by atoms with van der Waals surface area (Å²) in [5, 5.41) is 1.66. The van der Waals surface area contributed by atoms with Gasteiger partial charge >= 0.3 is 0 Å². The summed E-state index contributed by atoms with van der Waals surface area (Å²) in [6.45, 7) is 2.35. The minimum atomic E-state index is -0.243. The van der Waals surface area contributed by atoms with E-state index in [0.29, 0.717) is 17.1 Å². The van der Waals surface area contributed by atoms with Crippen molar-refractivity contribution >= 4 is 10.8 Å². The molecule has 0 saturated heterocycles. The summed E-state index contributed by atoms with van der Waals surface area (Å²) in [6.07, 6.45) is 12.6. The molecule has 2 heteroatoms. The van der Waals surface area contributed by atoms with Crippen molar-refractivity contribution in [2.45, 2.75) is 70.6 Å². The molecule has 2 saturated carbocycles. The van der Waals surface area contributed by atoms with Crippen LogP contribution in [0.5, 0.6) is 5.75 Å². The third-order valence-electron chi connectivity index (χ3n) is 7.54. The van der Waals surface area contributed by atoms with E-state index >= 15 is 0 Å². The fourth-order valence-electron chi connectivity index (χ4n) is 5.69. The summed E-state index contributed by atoms with van der Waals surface area (Å²) < 4.78 is 19.5. The number of methoxy groups -OCH3 is 1. The Kier molecular flexibility index (Phi) is 5.71. The molecule has 0 aromatic heterocycles. The van der Waals surface area contributed by atoms with E-state index in [4.69, 9.17) is 4.74 Å². The number of hydrogen-bond acceptors (Lipinski definition) is 1. The minimum absolute atomic E-state index is 0.243. The maximum absolute atomic E-state index is 14.4. The van der Waals surface area contributed by atoms with Crippen molar-refractivity contribution in [2.75, 3.05) is 7.11 Å². The Bertz CT molecular complexity index is 767. The first kappa shape index (κ1) is 18.8. The molecule has 4 rings (SSSR count). The number of rotatable bonds is 4. The first-order chi connectivity index (χ1) is 13.2. The summed E-state index contributed by atoms with van der Waals surface area (Å²) in [6, 6.07) is 10.0. The van der Waals surface area contributed by atoms with Gasteiger partial charge in [0.1, 0.15) is 0 Å². The molecule has 2 fully saturated rings. The maximum atomic E-state index is 14.4. The molecule has 0 unspecified atom stereocenters. The van der Waals surface area contributed by atoms with E-state index < -0.39 is 0 Å². The van der Waals surface area contributed by atoms with Crippen molar-refractivity contribution in [3.63, 3.8) is 0 Å². The summed E-state index contributed by atoms with van der Waals surface area (Å²) in [4.78, 5) is 0. The first-order valence-electron chi connectivity index (χ1n) is 11.0. The maximum Gasteiger partial charge on any atom is 0.172 e. The lowest BCUT2D eigenvalue weighted by Crippen LogP contribution is -2.25. The molecule has 27 heavy (non-hydrogen) atoms. The molecule has 0 N–H and O–H groups in total. The van der Waals surface area contributed by atoms with Crippen molar-refractivity contribution < 1.29 is 9.13 Å². The van der Waals surface area contributed by atoms with Crippen LogP contribution < -0.4 is 4.74 Å². The normalized spacial score (nSPS) is 29.0. The lowest BCUT2D eigenvalue weighted by molar-refractivity contribution is 0.158. The quantitative estimate of drug-likeness (QED) is 0.543. The van der Waals surface area contributed by atoms with E-state index in [1.165, 1.54) is 70.5 Å². The van der Waals surface area contributed by atoms with E-state index in [1.54, 1.807) is 6.07 Å². The standard InChI is InChI=1S/C25H33FO/c1-3-17-4-6-18(7-5-17)19-8-10-20(11-9-19)21-12-14-23-22(16-21)13-15-24(27-2)25(23)26/h12-20H,3-11H2,1-2H3. The fraction of sp³-hybridized carbons (Fsp3) is 0.600. The predicted molar refractivity (Wildman–Crippen MR) is 111 cm³/mol. The molecule has 2 aromatic carbocycles. The Morgan fingerprint density at radius 3 is 2.19 bits per heavy atom. The highest BCUT2D eigenvalue weighted by molar-refractivity contribution is 5.85. The van der Waals surface area contributed by atoms with Crippen LogP contribution in [0.1, 0.15) is 76.2 Å². The second-order valence-corrected chi connectivity index (χ2v) is 8.86. The van der Waals surface area contributed by atoms with Gasteiger partial charge in [-0.05, 0) is 79.2 Å². The van der Waals surface area contributed by atoms with Crippen molar-refractivity contribution in [1.82, 2.24) is 0 Å². The molecule has 0 heterocycles. The molecule has 0 aliphatic heterocycles. The van der Waals surface area contributed by atoms with Gasteiger partial charge in [0, 0.05) is 5.39 Å². The third kappa shape index (κ3) is 3.86. The van der Waals surface area contributed by atoms with Gasteiger partial charge in [-0.3, -0.25) is 0 Å². The molecule has 0 atom stereocenters. The highest BCUT2D eigenvalue weighted by Gasteiger charge is 2.31. The van der Waals surface area contributed by atoms with Crippen LogP contribution in [0.3, 0.4) is 0 Å². The van der Waals surface area contributed by atoms with Gasteiger partial charge in [0.2, 0.25) is 0 Å². The average molecular weight is 369 g/mol. The smallest absolute Gasteiger partial charge is 0.172 e. The van der Waals surface area contributed by atoms with Gasteiger partial charge in [-0.2, -0.15) is 0 Å². The van der Waals surface area contributed by atoms with Crippen LogP contribution in [-0.2, 0) is 0 Å². The average Bonchev–Trinajstić information content (AvgIpc) is 2.74. The number of benzene rings is 2. The monoisotopic (exact) mass is 368 g/mol. The zero-order valence-corrected chi connectivity index (χ0v) is 16.8. The topological polar surface area (TPSA) is 9.23 Å². The predicted octanol–water partition coefficient (Wildman–Crippen LogP) is 7.48. The molecule has 2 aliphatic rings. The first-order valence-corrected chi connectivity index (χ1v) is 11.0. The highest BCUT2D eigenvalue weighted by Crippen LogP contribution is 2.44. The molecule has 0 radical (unpaired) electrons. The summed E-state index contributed by atoms with van der Waals surface area (Å²) in [5.41, 5.74) is 1.39. The Labute approximate surface area is 163 Å². The molecule has 2 aliphatic carbocycles. The molecule has 0 spiro atoms. The van der Waals surface area contributed by atoms with Crippen LogP contribution in [0.15, 0.2) is 30.3 Å². The Morgan fingerprint density at radius 1 is 0.889 bits per heavy atom. The lowest BCUT2D eigenvalue weighted by atomic mass is 9.68. The third-order valence-corrected chi connectivity index (χ3v) is 7.54. The van der Waals surface area contributed by atoms with Crippen molar-refractivity contribution in [3.8, 4) is 5.75 Å². The molecular weight excluding hydrogens is 335 g/mol. The second kappa shape index (κ2) is 8.20. The number of halogens is 1. The van der Waals surface area contributed by atoms with E-state index in [-0.39, 0.29) is 5.82 Å². The minimum Gasteiger partial charge on any atom is -0.494 e. The zero-order valence-electron chi connectivity index (χ0n) is 16.8. The van der Waals surface area contributed by atoms with Crippen molar-refractivity contribution in [1.29, 1.82) is 0 Å². The lowest BCUT2D eigenvalue weighted by Gasteiger charge is -2.38. The van der Waals surface area contributed by atoms with E-state index in [2.05, 4.69) is 19.1 Å². The Balaban J connectivity index is 1.41. The molecule has 146 valence electrons. The van der Waals surface area contributed by atoms with Gasteiger partial charge < -0.3 is 4.74 Å². The number of hydrogen-bond donors (Lipinski definition) is 0. The van der Waals surface area contributed by atoms with Crippen LogP contribution in [0.4, 0.5) is 4.39 Å². The zero-order chi connectivity index (χ0) is 18.8. The Hall–Kier alpha value is -1.57. The number of fused-ring (bicyclic) bond motifs is 1. The van der Waals surface area contributed by atoms with Crippen molar-refractivity contribution in [3.05, 3.63) is 41.7 Å². The van der Waals surface area contributed by atoms with Gasteiger partial charge in [0.15, 0.2) is 11.6 Å². The molecule has 1 nitrogen and oxygen atoms in total. The van der Waals surface area contributed by atoms with Gasteiger partial charge in [-0.1, -0.05) is 50.5 Å². The van der Waals surface area contributed by atoms with E-state index in [9.17, 15) is 4.39 Å². The molecular formula is C25H33FO. The van der Waals surface area contributed by atoms with Crippen molar-refractivity contribution in [2.24, 2.45) is 17.8 Å². The summed E-state index contributed by atoms with van der Waals surface area (Å²) in [7, 11) is 1.52. The SMILES string of the molecule is CCC1CCC(C2CCC(c3ccc4c(F)c(OC)ccc4c3)CC2)CC1. The van der Waals surface area contributed by atoms with Gasteiger partial charge in [0.05, 0.1) is 7.11 Å². The van der Waals surface area contributed by atoms with Crippen LogP contribution in [0.2, 0.25) is 0 Å². The molecule has 2 aromatic rings. The van der Waals surface area contributed by atoms with Crippen LogP contribution in [0, 0.1) is 23.6 Å². The highest BCUT2D eigenvalue weighted by atomic mass is 19.1. The number of ether oxygens (including phenoxy) is 1.